The quantitative estimate of drug-likeness (QED) is 0.786. The van der Waals surface area contributed by atoms with Crippen LogP contribution in [-0.4, -0.2) is 31.1 Å². The topological polar surface area (TPSA) is 12.5 Å². The van der Waals surface area contributed by atoms with Gasteiger partial charge in [0.1, 0.15) is 12.4 Å². The van der Waals surface area contributed by atoms with Crippen molar-refractivity contribution in [1.29, 1.82) is 0 Å². The number of halogens is 1. The van der Waals surface area contributed by atoms with Crippen molar-refractivity contribution in [3.8, 4) is 5.75 Å². The van der Waals surface area contributed by atoms with E-state index in [0.717, 1.165) is 18.9 Å². The van der Waals surface area contributed by atoms with E-state index in [1.165, 1.54) is 35.9 Å². The van der Waals surface area contributed by atoms with E-state index >= 15 is 0 Å². The second-order valence-corrected chi connectivity index (χ2v) is 5.45. The van der Waals surface area contributed by atoms with Gasteiger partial charge in [0, 0.05) is 10.1 Å². The van der Waals surface area contributed by atoms with E-state index in [-0.39, 0.29) is 0 Å². The lowest BCUT2D eigenvalue weighted by atomic mass is 10.1. The van der Waals surface area contributed by atoms with Crippen LogP contribution in [0.3, 0.4) is 0 Å². The normalized spacial score (nSPS) is 17.3. The van der Waals surface area contributed by atoms with Crippen LogP contribution in [0.2, 0.25) is 0 Å². The van der Waals surface area contributed by atoms with Crippen molar-refractivity contribution in [2.45, 2.75) is 19.3 Å². The van der Waals surface area contributed by atoms with Crippen LogP contribution in [0, 0.1) is 3.57 Å². The van der Waals surface area contributed by atoms with Crippen LogP contribution in [0.15, 0.2) is 24.3 Å². The molecule has 0 radical (unpaired) electrons. The van der Waals surface area contributed by atoms with E-state index in [0.29, 0.717) is 0 Å². The Kier molecular flexibility index (Phi) is 4.91. The van der Waals surface area contributed by atoms with Crippen molar-refractivity contribution in [1.82, 2.24) is 4.90 Å². The predicted octanol–water partition coefficient (Wildman–Crippen LogP) is 3.16. The lowest BCUT2D eigenvalue weighted by molar-refractivity contribution is 0.183. The van der Waals surface area contributed by atoms with Gasteiger partial charge in [0.05, 0.1) is 0 Å². The fourth-order valence-electron chi connectivity index (χ4n) is 2.01. The summed E-state index contributed by atoms with van der Waals surface area (Å²) in [5, 5.41) is 0. The molecule has 0 bridgehead atoms. The minimum absolute atomic E-state index is 0.806. The monoisotopic (exact) mass is 331 g/mol. The van der Waals surface area contributed by atoms with Gasteiger partial charge in [-0.3, -0.25) is 4.90 Å². The molecule has 1 saturated heterocycles. The third-order valence-corrected chi connectivity index (χ3v) is 3.66. The molecule has 1 heterocycles. The summed E-state index contributed by atoms with van der Waals surface area (Å²) in [6, 6.07) is 8.24. The average molecular weight is 331 g/mol. The van der Waals surface area contributed by atoms with E-state index in [9.17, 15) is 0 Å². The molecular formula is C13H18INO. The number of benzene rings is 1. The Labute approximate surface area is 111 Å². The molecule has 0 unspecified atom stereocenters. The first kappa shape index (κ1) is 12.2. The smallest absolute Gasteiger partial charge is 0.119 e. The highest BCUT2D eigenvalue weighted by molar-refractivity contribution is 14.1. The molecule has 1 aliphatic heterocycles. The zero-order chi connectivity index (χ0) is 11.2. The molecule has 0 atom stereocenters. The molecule has 16 heavy (non-hydrogen) atoms. The molecule has 1 aliphatic rings. The van der Waals surface area contributed by atoms with Gasteiger partial charge in [-0.1, -0.05) is 6.42 Å². The molecule has 0 saturated carbocycles. The van der Waals surface area contributed by atoms with Gasteiger partial charge in [-0.05, 0) is 72.8 Å². The lowest BCUT2D eigenvalue weighted by Gasteiger charge is -2.26. The van der Waals surface area contributed by atoms with E-state index in [4.69, 9.17) is 4.74 Å². The summed E-state index contributed by atoms with van der Waals surface area (Å²) >= 11 is 2.31. The minimum Gasteiger partial charge on any atom is -0.492 e. The molecule has 0 aliphatic carbocycles. The zero-order valence-electron chi connectivity index (χ0n) is 9.49. The van der Waals surface area contributed by atoms with Gasteiger partial charge >= 0.3 is 0 Å². The lowest BCUT2D eigenvalue weighted by Crippen LogP contribution is -2.33. The molecule has 0 N–H and O–H groups in total. The van der Waals surface area contributed by atoms with Crippen LogP contribution in [0.25, 0.3) is 0 Å². The third kappa shape index (κ3) is 3.94. The van der Waals surface area contributed by atoms with Gasteiger partial charge in [-0.15, -0.1) is 0 Å². The number of piperidine rings is 1. The summed E-state index contributed by atoms with van der Waals surface area (Å²) < 4.78 is 6.97. The molecular weight excluding hydrogens is 313 g/mol. The fourth-order valence-corrected chi connectivity index (χ4v) is 2.37. The second kappa shape index (κ2) is 6.45. The largest absolute Gasteiger partial charge is 0.492 e. The number of nitrogens with zero attached hydrogens (tertiary/aromatic N) is 1. The standard InChI is InChI=1S/C13H18INO/c14-12-4-6-13(7-5-12)16-11-10-15-8-2-1-3-9-15/h4-7H,1-3,8-11H2. The Balaban J connectivity index is 1.69. The first-order valence-corrected chi connectivity index (χ1v) is 7.03. The van der Waals surface area contributed by atoms with Crippen LogP contribution in [0.1, 0.15) is 19.3 Å². The first-order valence-electron chi connectivity index (χ1n) is 5.95. The number of rotatable bonds is 4. The highest BCUT2D eigenvalue weighted by Crippen LogP contribution is 2.14. The fraction of sp³-hybridized carbons (Fsp3) is 0.538. The van der Waals surface area contributed by atoms with Crippen molar-refractivity contribution in [2.24, 2.45) is 0 Å². The second-order valence-electron chi connectivity index (χ2n) is 4.20. The Morgan fingerprint density at radius 1 is 1.06 bits per heavy atom. The Morgan fingerprint density at radius 3 is 2.44 bits per heavy atom. The van der Waals surface area contributed by atoms with Gasteiger partial charge in [-0.25, -0.2) is 0 Å². The summed E-state index contributed by atoms with van der Waals surface area (Å²) in [4.78, 5) is 2.50. The molecule has 1 fully saturated rings. The van der Waals surface area contributed by atoms with Crippen molar-refractivity contribution in [2.75, 3.05) is 26.2 Å². The molecule has 2 nitrogen and oxygen atoms in total. The molecule has 3 heteroatoms. The Morgan fingerprint density at radius 2 is 1.75 bits per heavy atom. The molecule has 88 valence electrons. The van der Waals surface area contributed by atoms with E-state index in [1.54, 1.807) is 0 Å². The summed E-state index contributed by atoms with van der Waals surface area (Å²) in [6.45, 7) is 4.36. The maximum atomic E-state index is 5.72. The van der Waals surface area contributed by atoms with Crippen LogP contribution in [-0.2, 0) is 0 Å². The maximum Gasteiger partial charge on any atom is 0.119 e. The van der Waals surface area contributed by atoms with E-state index in [1.807, 2.05) is 12.1 Å². The van der Waals surface area contributed by atoms with Gasteiger partial charge in [0.15, 0.2) is 0 Å². The first-order chi connectivity index (χ1) is 7.84. The van der Waals surface area contributed by atoms with E-state index < -0.39 is 0 Å². The number of hydrogen-bond donors (Lipinski definition) is 0. The van der Waals surface area contributed by atoms with Crippen molar-refractivity contribution < 1.29 is 4.74 Å². The molecule has 0 amide bonds. The van der Waals surface area contributed by atoms with Gasteiger partial charge < -0.3 is 4.74 Å². The molecule has 1 aromatic carbocycles. The molecule has 0 spiro atoms. The summed E-state index contributed by atoms with van der Waals surface area (Å²) in [6.07, 6.45) is 4.10. The van der Waals surface area contributed by atoms with Crippen molar-refractivity contribution in [3.63, 3.8) is 0 Å². The van der Waals surface area contributed by atoms with Gasteiger partial charge in [0.25, 0.3) is 0 Å². The highest BCUT2D eigenvalue weighted by atomic mass is 127. The average Bonchev–Trinajstić information content (AvgIpc) is 2.33. The summed E-state index contributed by atoms with van der Waals surface area (Å²) in [5.74, 6) is 0.984. The minimum atomic E-state index is 0.806. The number of hydrogen-bond acceptors (Lipinski definition) is 2. The van der Waals surface area contributed by atoms with Crippen LogP contribution >= 0.6 is 22.6 Å². The zero-order valence-corrected chi connectivity index (χ0v) is 11.7. The van der Waals surface area contributed by atoms with Crippen LogP contribution < -0.4 is 4.74 Å². The predicted molar refractivity (Wildman–Crippen MR) is 74.9 cm³/mol. The Hall–Kier alpha value is -0.290. The summed E-state index contributed by atoms with van der Waals surface area (Å²) in [5.41, 5.74) is 0. The maximum absolute atomic E-state index is 5.72. The molecule has 0 aromatic heterocycles. The van der Waals surface area contributed by atoms with Crippen LogP contribution in [0.4, 0.5) is 0 Å². The number of ether oxygens (including phenoxy) is 1. The third-order valence-electron chi connectivity index (χ3n) is 2.94. The molecule has 2 rings (SSSR count). The Bertz CT molecular complexity index is 306. The van der Waals surface area contributed by atoms with Crippen LogP contribution in [0.5, 0.6) is 5.75 Å². The van der Waals surface area contributed by atoms with Gasteiger partial charge in [0.2, 0.25) is 0 Å². The van der Waals surface area contributed by atoms with Gasteiger partial charge in [-0.2, -0.15) is 0 Å². The molecule has 1 aromatic rings. The van der Waals surface area contributed by atoms with Crippen molar-refractivity contribution >= 4 is 22.6 Å². The summed E-state index contributed by atoms with van der Waals surface area (Å²) in [7, 11) is 0. The highest BCUT2D eigenvalue weighted by Gasteiger charge is 2.09. The SMILES string of the molecule is Ic1ccc(OCCN2CCCCC2)cc1. The number of likely N-dealkylation sites (tertiary alicyclic amines) is 1. The van der Waals surface area contributed by atoms with E-state index in [2.05, 4.69) is 39.6 Å². The van der Waals surface area contributed by atoms with Crippen molar-refractivity contribution in [3.05, 3.63) is 27.8 Å².